The third kappa shape index (κ3) is 4.78. The molecule has 1 aliphatic heterocycles. The van der Waals surface area contributed by atoms with Gasteiger partial charge in [-0.2, -0.15) is 0 Å². The van der Waals surface area contributed by atoms with Crippen LogP contribution in [0.2, 0.25) is 0 Å². The molecule has 38 heavy (non-hydrogen) atoms. The first-order valence-electron chi connectivity index (χ1n) is 15.4. The van der Waals surface area contributed by atoms with Crippen molar-refractivity contribution in [2.45, 2.75) is 119 Å². The van der Waals surface area contributed by atoms with Crippen molar-refractivity contribution < 1.29 is 9.84 Å². The maximum absolute atomic E-state index is 10.7. The average Bonchev–Trinajstić information content (AvgIpc) is 3.14. The van der Waals surface area contributed by atoms with Gasteiger partial charge < -0.3 is 9.84 Å². The molecule has 4 heteroatoms. The van der Waals surface area contributed by atoms with Gasteiger partial charge >= 0.3 is 0 Å². The van der Waals surface area contributed by atoms with Crippen molar-refractivity contribution in [3.63, 3.8) is 0 Å². The number of allylic oxidation sites excluding steroid dienone is 1. The fourth-order valence-corrected chi connectivity index (χ4v) is 11.7. The summed E-state index contributed by atoms with van der Waals surface area (Å²) in [5, 5.41) is 10.7. The van der Waals surface area contributed by atoms with E-state index in [1.54, 1.807) is 5.57 Å². The largest absolute Gasteiger partial charge is 0.389 e. The van der Waals surface area contributed by atoms with Gasteiger partial charge in [0.25, 0.3) is 0 Å². The lowest BCUT2D eigenvalue weighted by atomic mass is 9.60. The number of aliphatic hydroxyl groups excluding tert-OH is 1. The normalized spacial score (nSPS) is 38.9. The Hall–Kier alpha value is -0.680. The quantitative estimate of drug-likeness (QED) is 0.309. The topological polar surface area (TPSA) is 29.5 Å². The van der Waals surface area contributed by atoms with Crippen LogP contribution in [0.1, 0.15) is 91.9 Å². The number of thioether (sulfide) groups is 2. The van der Waals surface area contributed by atoms with E-state index in [2.05, 4.69) is 64.6 Å². The Balaban J connectivity index is 1.24. The van der Waals surface area contributed by atoms with Gasteiger partial charge in [-0.3, -0.25) is 0 Å². The van der Waals surface area contributed by atoms with E-state index in [9.17, 15) is 5.11 Å². The zero-order chi connectivity index (χ0) is 26.7. The summed E-state index contributed by atoms with van der Waals surface area (Å²) >= 11 is 3.71. The number of hydrogen-bond donors (Lipinski definition) is 1. The molecule has 1 aromatic carbocycles. The SMILES string of the molecule is C=C1[C@@H](O)C[C@@H]2C[C@]12[C@@H](/C=C1\CCC[C@]2(C)[C@@H]([C@H](C)CCCC(C)C)CC[C@@H]12)OC1Sc2ccccc2S1. The molecule has 4 fully saturated rings. The Bertz CT molecular complexity index is 1050. The van der Waals surface area contributed by atoms with Gasteiger partial charge in [0.15, 0.2) is 4.77 Å². The summed E-state index contributed by atoms with van der Waals surface area (Å²) in [6.07, 6.45) is 15.0. The number of hydrogen-bond acceptors (Lipinski definition) is 4. The zero-order valence-corrected chi connectivity index (χ0v) is 25.6. The number of aliphatic hydroxyl groups is 1. The smallest absolute Gasteiger partial charge is 0.159 e. The van der Waals surface area contributed by atoms with Crippen molar-refractivity contribution in [3.05, 3.63) is 48.1 Å². The Morgan fingerprint density at radius 2 is 1.87 bits per heavy atom. The monoisotopic (exact) mass is 552 g/mol. The van der Waals surface area contributed by atoms with E-state index in [4.69, 9.17) is 4.74 Å². The van der Waals surface area contributed by atoms with E-state index in [0.717, 1.165) is 36.2 Å². The van der Waals surface area contributed by atoms with Crippen LogP contribution in [-0.4, -0.2) is 22.1 Å². The number of ether oxygens (including phenoxy) is 1. The number of benzene rings is 1. The van der Waals surface area contributed by atoms with Crippen molar-refractivity contribution in [2.24, 2.45) is 40.4 Å². The van der Waals surface area contributed by atoms with Crippen LogP contribution in [0.5, 0.6) is 0 Å². The minimum atomic E-state index is -0.362. The van der Waals surface area contributed by atoms with Gasteiger partial charge in [0, 0.05) is 15.2 Å². The molecule has 4 aliphatic carbocycles. The summed E-state index contributed by atoms with van der Waals surface area (Å²) in [4.78, 5) is 2.67. The predicted molar refractivity (Wildman–Crippen MR) is 161 cm³/mol. The molecule has 6 rings (SSSR count). The van der Waals surface area contributed by atoms with Crippen LogP contribution in [0.15, 0.2) is 57.9 Å². The molecule has 0 bridgehead atoms. The fourth-order valence-electron chi connectivity index (χ4n) is 9.11. The second-order valence-corrected chi connectivity index (χ2v) is 16.4. The summed E-state index contributed by atoms with van der Waals surface area (Å²) in [5.74, 6) is 3.69. The van der Waals surface area contributed by atoms with Crippen LogP contribution < -0.4 is 0 Å². The lowest BCUT2D eigenvalue weighted by Crippen LogP contribution is -2.37. The molecular formula is C34H48O2S2. The van der Waals surface area contributed by atoms with Gasteiger partial charge in [-0.05, 0) is 97.7 Å². The average molecular weight is 553 g/mol. The Labute approximate surface area is 239 Å². The summed E-state index contributed by atoms with van der Waals surface area (Å²) < 4.78 is 7.12. The van der Waals surface area contributed by atoms with Crippen molar-refractivity contribution in [1.29, 1.82) is 0 Å². The van der Waals surface area contributed by atoms with Crippen LogP contribution in [0.4, 0.5) is 0 Å². The van der Waals surface area contributed by atoms with Crippen LogP contribution in [0.25, 0.3) is 0 Å². The first-order chi connectivity index (χ1) is 18.2. The lowest BCUT2D eigenvalue weighted by molar-refractivity contribution is 0.0567. The van der Waals surface area contributed by atoms with Gasteiger partial charge in [-0.25, -0.2) is 0 Å². The highest BCUT2D eigenvalue weighted by atomic mass is 32.2. The number of fused-ring (bicyclic) bond motifs is 3. The summed E-state index contributed by atoms with van der Waals surface area (Å²) in [5.41, 5.74) is 3.07. The van der Waals surface area contributed by atoms with Gasteiger partial charge in [0.05, 0.1) is 12.2 Å². The molecule has 2 nitrogen and oxygen atoms in total. The minimum Gasteiger partial charge on any atom is -0.389 e. The lowest BCUT2D eigenvalue weighted by Gasteiger charge is -2.45. The zero-order valence-electron chi connectivity index (χ0n) is 24.0. The molecule has 0 saturated heterocycles. The van der Waals surface area contributed by atoms with E-state index in [1.807, 2.05) is 23.5 Å². The predicted octanol–water partition coefficient (Wildman–Crippen LogP) is 9.49. The number of rotatable bonds is 9. The first-order valence-corrected chi connectivity index (χ1v) is 17.1. The third-order valence-corrected chi connectivity index (χ3v) is 13.8. The van der Waals surface area contributed by atoms with E-state index >= 15 is 0 Å². The van der Waals surface area contributed by atoms with Crippen molar-refractivity contribution >= 4 is 23.5 Å². The van der Waals surface area contributed by atoms with E-state index in [0.29, 0.717) is 17.3 Å². The second kappa shape index (κ2) is 10.6. The molecule has 0 spiro atoms. The van der Waals surface area contributed by atoms with Crippen LogP contribution >= 0.6 is 23.5 Å². The molecule has 0 aromatic heterocycles. The summed E-state index contributed by atoms with van der Waals surface area (Å²) in [6.45, 7) is 14.3. The molecule has 4 saturated carbocycles. The molecule has 5 aliphatic rings. The second-order valence-electron chi connectivity index (χ2n) is 13.9. The molecule has 0 unspecified atom stereocenters. The van der Waals surface area contributed by atoms with Gasteiger partial charge in [-0.1, -0.05) is 101 Å². The van der Waals surface area contributed by atoms with Crippen LogP contribution in [-0.2, 0) is 4.74 Å². The maximum atomic E-state index is 10.7. The van der Waals surface area contributed by atoms with Crippen LogP contribution in [0.3, 0.4) is 0 Å². The van der Waals surface area contributed by atoms with E-state index in [1.165, 1.54) is 61.2 Å². The van der Waals surface area contributed by atoms with Crippen molar-refractivity contribution in [2.75, 3.05) is 0 Å². The highest BCUT2D eigenvalue weighted by Crippen LogP contribution is 2.70. The molecule has 0 amide bonds. The molecule has 1 heterocycles. The van der Waals surface area contributed by atoms with Gasteiger partial charge in [-0.15, -0.1) is 0 Å². The van der Waals surface area contributed by atoms with E-state index < -0.39 is 0 Å². The maximum Gasteiger partial charge on any atom is 0.159 e. The first kappa shape index (κ1) is 27.5. The standard InChI is InChI=1S/C34H48O2S2/c1-21(2)10-8-11-22(3)26-15-16-27-24(12-9-17-33(26,27)5)18-31(34-20-25(34)19-28(35)23(34)4)36-32-37-29-13-6-7-14-30(29)38-32/h6-7,13-14,18,21-22,25-28,31-32,35H,4,8-12,15-17,19-20H2,1-3,5H3/b24-18+/t22-,25-,26-,27+,28+,31-,33-,34+/m1/s1. The van der Waals surface area contributed by atoms with Crippen LogP contribution in [0, 0.1) is 40.4 Å². The van der Waals surface area contributed by atoms with Gasteiger partial charge in [0.1, 0.15) is 0 Å². The Morgan fingerprint density at radius 1 is 1.13 bits per heavy atom. The summed E-state index contributed by atoms with van der Waals surface area (Å²) in [6, 6.07) is 8.69. The molecule has 1 N–H and O–H groups in total. The molecule has 8 atom stereocenters. The molecule has 208 valence electrons. The summed E-state index contributed by atoms with van der Waals surface area (Å²) in [7, 11) is 0. The molecular weight excluding hydrogens is 505 g/mol. The third-order valence-electron chi connectivity index (χ3n) is 11.3. The molecule has 0 radical (unpaired) electrons. The van der Waals surface area contributed by atoms with E-state index in [-0.39, 0.29) is 22.4 Å². The van der Waals surface area contributed by atoms with Gasteiger partial charge in [0.2, 0.25) is 0 Å². The Morgan fingerprint density at radius 3 is 2.53 bits per heavy atom. The highest BCUT2D eigenvalue weighted by Gasteiger charge is 2.67. The fraction of sp³-hybridized carbons (Fsp3) is 0.706. The van der Waals surface area contributed by atoms with Crippen molar-refractivity contribution in [3.8, 4) is 0 Å². The Kier molecular flexibility index (Phi) is 7.68. The van der Waals surface area contributed by atoms with Crippen molar-refractivity contribution in [1.82, 2.24) is 0 Å². The minimum absolute atomic E-state index is 0.0244. The highest BCUT2D eigenvalue weighted by molar-refractivity contribution is 8.19. The molecule has 1 aromatic rings.